The number of aromatic nitrogens is 2. The van der Waals surface area contributed by atoms with Gasteiger partial charge in [-0.25, -0.2) is 4.98 Å². The maximum absolute atomic E-state index is 5.77. The fraction of sp³-hybridized carbons (Fsp3) is 0.667. The molecule has 0 radical (unpaired) electrons. The molecule has 0 amide bonds. The molecule has 0 bridgehead atoms. The molecule has 1 aliphatic rings. The standard InChI is InChI=1S/C12H17ClN2O/c1-9-7-11(15-12(13)14-9)16-8-10-5-3-2-4-6-10/h7,10H,2-6,8H2,1H3. The van der Waals surface area contributed by atoms with Gasteiger partial charge in [-0.1, -0.05) is 19.3 Å². The second-order valence-corrected chi connectivity index (χ2v) is 4.77. The van der Waals surface area contributed by atoms with E-state index in [1.165, 1.54) is 32.1 Å². The molecule has 3 nitrogen and oxygen atoms in total. The number of hydrogen-bond acceptors (Lipinski definition) is 3. The average Bonchev–Trinajstić information content (AvgIpc) is 2.27. The first-order valence-corrected chi connectivity index (χ1v) is 6.26. The Labute approximate surface area is 101 Å². The van der Waals surface area contributed by atoms with E-state index in [9.17, 15) is 0 Å². The summed E-state index contributed by atoms with van der Waals surface area (Å²) in [6, 6.07) is 1.83. The molecular weight excluding hydrogens is 224 g/mol. The summed E-state index contributed by atoms with van der Waals surface area (Å²) >= 11 is 5.77. The third-order valence-electron chi connectivity index (χ3n) is 3.00. The monoisotopic (exact) mass is 240 g/mol. The lowest BCUT2D eigenvalue weighted by Crippen LogP contribution is -2.15. The van der Waals surface area contributed by atoms with Crippen LogP contribution >= 0.6 is 11.6 Å². The summed E-state index contributed by atoms with van der Waals surface area (Å²) in [5.41, 5.74) is 0.846. The SMILES string of the molecule is Cc1cc(OCC2CCCCC2)nc(Cl)n1. The predicted molar refractivity (Wildman–Crippen MR) is 63.8 cm³/mol. The van der Waals surface area contributed by atoms with E-state index < -0.39 is 0 Å². The molecule has 0 aromatic carbocycles. The van der Waals surface area contributed by atoms with Gasteiger partial charge in [-0.2, -0.15) is 4.98 Å². The summed E-state index contributed by atoms with van der Waals surface area (Å²) in [7, 11) is 0. The zero-order chi connectivity index (χ0) is 11.4. The Morgan fingerprint density at radius 2 is 2.06 bits per heavy atom. The molecule has 0 saturated heterocycles. The minimum absolute atomic E-state index is 0.263. The summed E-state index contributed by atoms with van der Waals surface area (Å²) in [5.74, 6) is 1.28. The van der Waals surface area contributed by atoms with Crippen molar-refractivity contribution in [2.75, 3.05) is 6.61 Å². The highest BCUT2D eigenvalue weighted by Crippen LogP contribution is 2.24. The number of aryl methyl sites for hydroxylation is 1. The van der Waals surface area contributed by atoms with Gasteiger partial charge in [0, 0.05) is 11.8 Å². The van der Waals surface area contributed by atoms with Crippen molar-refractivity contribution in [1.82, 2.24) is 9.97 Å². The lowest BCUT2D eigenvalue weighted by molar-refractivity contribution is 0.202. The zero-order valence-electron chi connectivity index (χ0n) is 9.58. The first-order valence-electron chi connectivity index (χ1n) is 5.88. The Morgan fingerprint density at radius 1 is 1.31 bits per heavy atom. The Hall–Kier alpha value is -0.830. The minimum Gasteiger partial charge on any atom is -0.477 e. The molecule has 1 fully saturated rings. The van der Waals surface area contributed by atoms with Crippen LogP contribution in [0.3, 0.4) is 0 Å². The molecule has 4 heteroatoms. The average molecular weight is 241 g/mol. The number of ether oxygens (including phenoxy) is 1. The molecule has 0 aliphatic heterocycles. The van der Waals surface area contributed by atoms with E-state index in [1.807, 2.05) is 13.0 Å². The van der Waals surface area contributed by atoms with Crippen LogP contribution in [0.1, 0.15) is 37.8 Å². The summed E-state index contributed by atoms with van der Waals surface area (Å²) in [4.78, 5) is 8.05. The third kappa shape index (κ3) is 3.34. The summed E-state index contributed by atoms with van der Waals surface area (Å²) in [6.45, 7) is 2.65. The van der Waals surface area contributed by atoms with Gasteiger partial charge in [0.25, 0.3) is 0 Å². The summed E-state index contributed by atoms with van der Waals surface area (Å²) in [6.07, 6.45) is 6.58. The molecular formula is C12H17ClN2O. The van der Waals surface area contributed by atoms with Crippen molar-refractivity contribution in [3.63, 3.8) is 0 Å². The predicted octanol–water partition coefficient (Wildman–Crippen LogP) is 3.40. The minimum atomic E-state index is 0.263. The second kappa shape index (κ2) is 5.48. The van der Waals surface area contributed by atoms with E-state index in [4.69, 9.17) is 16.3 Å². The third-order valence-corrected chi connectivity index (χ3v) is 3.16. The van der Waals surface area contributed by atoms with Crippen molar-refractivity contribution >= 4 is 11.6 Å². The van der Waals surface area contributed by atoms with Crippen LogP contribution in [0.5, 0.6) is 5.88 Å². The topological polar surface area (TPSA) is 35.0 Å². The molecule has 1 aromatic rings. The number of hydrogen-bond donors (Lipinski definition) is 0. The van der Waals surface area contributed by atoms with Crippen LogP contribution in [0.15, 0.2) is 6.07 Å². The normalized spacial score (nSPS) is 17.4. The van der Waals surface area contributed by atoms with Crippen molar-refractivity contribution in [2.45, 2.75) is 39.0 Å². The summed E-state index contributed by atoms with van der Waals surface area (Å²) < 4.78 is 5.67. The molecule has 0 spiro atoms. The molecule has 0 unspecified atom stereocenters. The van der Waals surface area contributed by atoms with Crippen LogP contribution in [0, 0.1) is 12.8 Å². The maximum atomic E-state index is 5.77. The fourth-order valence-electron chi connectivity index (χ4n) is 2.14. The molecule has 1 aliphatic carbocycles. The van der Waals surface area contributed by atoms with E-state index in [0.29, 0.717) is 11.8 Å². The number of nitrogens with zero attached hydrogens (tertiary/aromatic N) is 2. The van der Waals surface area contributed by atoms with Crippen LogP contribution in [0.25, 0.3) is 0 Å². The van der Waals surface area contributed by atoms with Crippen LogP contribution < -0.4 is 4.74 Å². The first-order chi connectivity index (χ1) is 7.74. The van der Waals surface area contributed by atoms with Crippen LogP contribution in [-0.2, 0) is 0 Å². The summed E-state index contributed by atoms with van der Waals surface area (Å²) in [5, 5.41) is 0.263. The van der Waals surface area contributed by atoms with Gasteiger partial charge in [0.1, 0.15) is 0 Å². The van der Waals surface area contributed by atoms with Crippen molar-refractivity contribution in [3.8, 4) is 5.88 Å². The van der Waals surface area contributed by atoms with Crippen molar-refractivity contribution in [2.24, 2.45) is 5.92 Å². The van der Waals surface area contributed by atoms with Gasteiger partial charge in [0.05, 0.1) is 6.61 Å². The van der Waals surface area contributed by atoms with Crippen molar-refractivity contribution in [1.29, 1.82) is 0 Å². The zero-order valence-corrected chi connectivity index (χ0v) is 10.3. The largest absolute Gasteiger partial charge is 0.477 e. The number of rotatable bonds is 3. The fourth-order valence-corrected chi connectivity index (χ4v) is 2.35. The van der Waals surface area contributed by atoms with E-state index in [-0.39, 0.29) is 5.28 Å². The highest BCUT2D eigenvalue weighted by atomic mass is 35.5. The highest BCUT2D eigenvalue weighted by Gasteiger charge is 2.14. The van der Waals surface area contributed by atoms with Gasteiger partial charge in [0.2, 0.25) is 11.2 Å². The smallest absolute Gasteiger partial charge is 0.225 e. The molecule has 1 aromatic heterocycles. The molecule has 16 heavy (non-hydrogen) atoms. The van der Waals surface area contributed by atoms with Crippen molar-refractivity contribution in [3.05, 3.63) is 17.0 Å². The Bertz CT molecular complexity index is 331. The van der Waals surface area contributed by atoms with Crippen LogP contribution in [-0.4, -0.2) is 16.6 Å². The molecule has 0 atom stereocenters. The lowest BCUT2D eigenvalue weighted by Gasteiger charge is -2.21. The van der Waals surface area contributed by atoms with Gasteiger partial charge in [0.15, 0.2) is 0 Å². The van der Waals surface area contributed by atoms with Gasteiger partial charge in [-0.05, 0) is 37.3 Å². The quantitative estimate of drug-likeness (QED) is 0.760. The van der Waals surface area contributed by atoms with Crippen LogP contribution in [0.2, 0.25) is 5.28 Å². The highest BCUT2D eigenvalue weighted by molar-refractivity contribution is 6.28. The van der Waals surface area contributed by atoms with Gasteiger partial charge >= 0.3 is 0 Å². The second-order valence-electron chi connectivity index (χ2n) is 4.43. The molecule has 1 saturated carbocycles. The molecule has 1 heterocycles. The van der Waals surface area contributed by atoms with E-state index in [0.717, 1.165) is 12.3 Å². The first kappa shape index (κ1) is 11.6. The van der Waals surface area contributed by atoms with E-state index >= 15 is 0 Å². The molecule has 88 valence electrons. The lowest BCUT2D eigenvalue weighted by atomic mass is 9.90. The Morgan fingerprint density at radius 3 is 2.75 bits per heavy atom. The van der Waals surface area contributed by atoms with Crippen molar-refractivity contribution < 1.29 is 4.74 Å². The van der Waals surface area contributed by atoms with E-state index in [2.05, 4.69) is 9.97 Å². The van der Waals surface area contributed by atoms with E-state index in [1.54, 1.807) is 0 Å². The molecule has 2 rings (SSSR count). The maximum Gasteiger partial charge on any atom is 0.225 e. The van der Waals surface area contributed by atoms with Crippen LogP contribution in [0.4, 0.5) is 0 Å². The Balaban J connectivity index is 1.88. The Kier molecular flexibility index (Phi) is 3.99. The molecule has 0 N–H and O–H groups in total. The van der Waals surface area contributed by atoms with Gasteiger partial charge in [-0.15, -0.1) is 0 Å². The van der Waals surface area contributed by atoms with Gasteiger partial charge < -0.3 is 4.74 Å². The number of halogens is 1. The van der Waals surface area contributed by atoms with Gasteiger partial charge in [-0.3, -0.25) is 0 Å².